The van der Waals surface area contributed by atoms with Crippen molar-refractivity contribution in [3.05, 3.63) is 35.4 Å². The van der Waals surface area contributed by atoms with E-state index in [1.807, 2.05) is 24.3 Å². The monoisotopic (exact) mass is 289 g/mol. The highest BCUT2D eigenvalue weighted by molar-refractivity contribution is 5.89. The van der Waals surface area contributed by atoms with Gasteiger partial charge in [-0.2, -0.15) is 0 Å². The zero-order valence-electron chi connectivity index (χ0n) is 12.4. The number of carbonyl (C=O) groups is 2. The van der Waals surface area contributed by atoms with Crippen molar-refractivity contribution >= 4 is 11.8 Å². The van der Waals surface area contributed by atoms with Gasteiger partial charge in [0, 0.05) is 13.0 Å². The fraction of sp³-hybridized carbons (Fsp3) is 0.500. The van der Waals surface area contributed by atoms with Crippen LogP contribution < -0.4 is 11.5 Å². The summed E-state index contributed by atoms with van der Waals surface area (Å²) in [4.78, 5) is 25.8. The number of hydrogen-bond acceptors (Lipinski definition) is 3. The number of nitrogens with two attached hydrogens (primary N) is 2. The normalized spacial score (nSPS) is 19.0. The minimum absolute atomic E-state index is 0.179. The molecule has 1 aliphatic heterocycles. The van der Waals surface area contributed by atoms with Gasteiger partial charge in [0.05, 0.1) is 6.04 Å². The molecule has 4 N–H and O–H groups in total. The first kappa shape index (κ1) is 15.5. The van der Waals surface area contributed by atoms with Crippen LogP contribution in [0.3, 0.4) is 0 Å². The van der Waals surface area contributed by atoms with Gasteiger partial charge >= 0.3 is 0 Å². The number of fused-ring (bicyclic) bond motifs is 1. The van der Waals surface area contributed by atoms with E-state index in [4.69, 9.17) is 11.5 Å². The van der Waals surface area contributed by atoms with Crippen LogP contribution in [-0.2, 0) is 22.6 Å². The van der Waals surface area contributed by atoms with E-state index in [0.717, 1.165) is 24.0 Å². The van der Waals surface area contributed by atoms with Crippen LogP contribution in [0.1, 0.15) is 37.3 Å². The molecule has 5 heteroatoms. The lowest BCUT2D eigenvalue weighted by molar-refractivity contribution is -0.141. The molecular formula is C16H23N3O2. The highest BCUT2D eigenvalue weighted by atomic mass is 16.2. The first-order valence-corrected chi connectivity index (χ1v) is 7.46. The van der Waals surface area contributed by atoms with E-state index >= 15 is 0 Å². The topological polar surface area (TPSA) is 89.4 Å². The molecule has 0 unspecified atom stereocenters. The van der Waals surface area contributed by atoms with Gasteiger partial charge in [-0.3, -0.25) is 9.59 Å². The van der Waals surface area contributed by atoms with Gasteiger partial charge in [0.25, 0.3) is 0 Å². The molecule has 1 aromatic rings. The molecule has 0 aliphatic carbocycles. The molecule has 0 saturated heterocycles. The van der Waals surface area contributed by atoms with Gasteiger partial charge in [0.1, 0.15) is 6.04 Å². The van der Waals surface area contributed by atoms with E-state index in [2.05, 4.69) is 6.92 Å². The summed E-state index contributed by atoms with van der Waals surface area (Å²) >= 11 is 0. The van der Waals surface area contributed by atoms with Crippen LogP contribution in [0.5, 0.6) is 0 Å². The Balaban J connectivity index is 2.20. The molecule has 1 aromatic carbocycles. The Hall–Kier alpha value is -1.88. The van der Waals surface area contributed by atoms with Crippen molar-refractivity contribution in [2.45, 2.75) is 51.2 Å². The van der Waals surface area contributed by atoms with Gasteiger partial charge in [0.2, 0.25) is 11.8 Å². The number of rotatable bonds is 5. The van der Waals surface area contributed by atoms with Gasteiger partial charge in [-0.25, -0.2) is 0 Å². The van der Waals surface area contributed by atoms with Crippen LogP contribution in [0.2, 0.25) is 0 Å². The van der Waals surface area contributed by atoms with Crippen LogP contribution in [0.4, 0.5) is 0 Å². The van der Waals surface area contributed by atoms with Crippen LogP contribution in [0.25, 0.3) is 0 Å². The lowest BCUT2D eigenvalue weighted by Gasteiger charge is -2.36. The summed E-state index contributed by atoms with van der Waals surface area (Å²) in [6.45, 7) is 2.46. The second-order valence-corrected chi connectivity index (χ2v) is 5.61. The Bertz CT molecular complexity index is 530. The highest BCUT2D eigenvalue weighted by Gasteiger charge is 2.35. The van der Waals surface area contributed by atoms with Gasteiger partial charge < -0.3 is 16.4 Å². The van der Waals surface area contributed by atoms with Crippen LogP contribution in [-0.4, -0.2) is 28.8 Å². The summed E-state index contributed by atoms with van der Waals surface area (Å²) in [5, 5.41) is 0. The number of unbranched alkanes of at least 4 members (excludes halogenated alkanes) is 1. The minimum atomic E-state index is -0.597. The maximum absolute atomic E-state index is 12.5. The Morgan fingerprint density at radius 2 is 2.00 bits per heavy atom. The molecule has 2 amide bonds. The second kappa shape index (κ2) is 6.72. The number of amides is 2. The zero-order chi connectivity index (χ0) is 15.4. The van der Waals surface area contributed by atoms with Crippen LogP contribution in [0.15, 0.2) is 24.3 Å². The van der Waals surface area contributed by atoms with Crippen molar-refractivity contribution in [1.82, 2.24) is 4.90 Å². The maximum Gasteiger partial charge on any atom is 0.240 e. The molecule has 0 bridgehead atoms. The first-order chi connectivity index (χ1) is 10.0. The van der Waals surface area contributed by atoms with Gasteiger partial charge in [-0.15, -0.1) is 0 Å². The minimum Gasteiger partial charge on any atom is -0.368 e. The SMILES string of the molecule is CCCC[C@H](N)C(=O)N1Cc2ccccc2C[C@H]1C(N)=O. The molecule has 0 spiro atoms. The Morgan fingerprint density at radius 1 is 1.33 bits per heavy atom. The third-order valence-corrected chi connectivity index (χ3v) is 4.05. The third kappa shape index (κ3) is 3.42. The molecule has 1 heterocycles. The number of benzene rings is 1. The molecule has 1 aliphatic rings. The number of primary amides is 1. The van der Waals surface area contributed by atoms with E-state index < -0.39 is 18.0 Å². The fourth-order valence-electron chi connectivity index (χ4n) is 2.77. The van der Waals surface area contributed by atoms with E-state index in [1.165, 1.54) is 0 Å². The Morgan fingerprint density at radius 3 is 2.62 bits per heavy atom. The summed E-state index contributed by atoms with van der Waals surface area (Å²) in [6.07, 6.45) is 3.00. The molecule has 2 atom stereocenters. The lowest BCUT2D eigenvalue weighted by Crippen LogP contribution is -2.55. The lowest BCUT2D eigenvalue weighted by atomic mass is 9.92. The van der Waals surface area contributed by atoms with E-state index in [9.17, 15) is 9.59 Å². The summed E-state index contributed by atoms with van der Waals surface area (Å²) in [6, 6.07) is 6.66. The largest absolute Gasteiger partial charge is 0.368 e. The Kier molecular flexibility index (Phi) is 4.96. The van der Waals surface area contributed by atoms with Crippen molar-refractivity contribution < 1.29 is 9.59 Å². The Labute approximate surface area is 125 Å². The van der Waals surface area contributed by atoms with Gasteiger partial charge in [0.15, 0.2) is 0 Å². The predicted molar refractivity (Wildman–Crippen MR) is 81.2 cm³/mol. The molecular weight excluding hydrogens is 266 g/mol. The molecule has 0 saturated carbocycles. The molecule has 0 radical (unpaired) electrons. The fourth-order valence-corrected chi connectivity index (χ4v) is 2.77. The molecule has 21 heavy (non-hydrogen) atoms. The zero-order valence-corrected chi connectivity index (χ0v) is 12.4. The molecule has 0 aromatic heterocycles. The standard InChI is InChI=1S/C16H23N3O2/c1-2-3-8-13(17)16(21)19-10-12-7-5-4-6-11(12)9-14(19)15(18)20/h4-7,13-14H,2-3,8-10,17H2,1H3,(H2,18,20)/t13-,14-/m0/s1. The number of hydrogen-bond donors (Lipinski definition) is 2. The second-order valence-electron chi connectivity index (χ2n) is 5.61. The average Bonchev–Trinajstić information content (AvgIpc) is 2.50. The van der Waals surface area contributed by atoms with Crippen molar-refractivity contribution in [3.63, 3.8) is 0 Å². The average molecular weight is 289 g/mol. The quantitative estimate of drug-likeness (QED) is 0.845. The molecule has 2 rings (SSSR count). The van der Waals surface area contributed by atoms with Crippen molar-refractivity contribution in [2.24, 2.45) is 11.5 Å². The molecule has 114 valence electrons. The van der Waals surface area contributed by atoms with Crippen LogP contribution >= 0.6 is 0 Å². The molecule has 0 fully saturated rings. The van der Waals surface area contributed by atoms with Gasteiger partial charge in [-0.1, -0.05) is 44.0 Å². The highest BCUT2D eigenvalue weighted by Crippen LogP contribution is 2.24. The summed E-state index contributed by atoms with van der Waals surface area (Å²) in [7, 11) is 0. The molecule has 5 nitrogen and oxygen atoms in total. The third-order valence-electron chi connectivity index (χ3n) is 4.05. The summed E-state index contributed by atoms with van der Waals surface area (Å²) in [5.41, 5.74) is 13.6. The van der Waals surface area contributed by atoms with E-state index in [0.29, 0.717) is 19.4 Å². The predicted octanol–water partition coefficient (Wildman–Crippen LogP) is 0.943. The maximum atomic E-state index is 12.5. The van der Waals surface area contributed by atoms with E-state index in [-0.39, 0.29) is 5.91 Å². The number of nitrogens with zero attached hydrogens (tertiary/aromatic N) is 1. The number of carbonyl (C=O) groups excluding carboxylic acids is 2. The van der Waals surface area contributed by atoms with Crippen LogP contribution in [0, 0.1) is 0 Å². The van der Waals surface area contributed by atoms with Crippen molar-refractivity contribution in [2.75, 3.05) is 0 Å². The van der Waals surface area contributed by atoms with E-state index in [1.54, 1.807) is 4.90 Å². The van der Waals surface area contributed by atoms with Gasteiger partial charge in [-0.05, 0) is 17.5 Å². The van der Waals surface area contributed by atoms with Crippen molar-refractivity contribution in [1.29, 1.82) is 0 Å². The summed E-state index contributed by atoms with van der Waals surface area (Å²) in [5.74, 6) is -0.651. The smallest absolute Gasteiger partial charge is 0.240 e. The van der Waals surface area contributed by atoms with Crippen molar-refractivity contribution in [3.8, 4) is 0 Å². The summed E-state index contributed by atoms with van der Waals surface area (Å²) < 4.78 is 0. The first-order valence-electron chi connectivity index (χ1n) is 7.46.